The van der Waals surface area contributed by atoms with Crippen LogP contribution in [0.4, 0.5) is 5.69 Å². The molecule has 0 aromatic heterocycles. The van der Waals surface area contributed by atoms with E-state index in [4.69, 9.17) is 9.47 Å². The number of anilines is 1. The molecule has 0 aliphatic rings. The lowest BCUT2D eigenvalue weighted by atomic mass is 10.1. The molecule has 0 bridgehead atoms. The SMILES string of the molecule is COCC(Nc1cccc(C(=O)OC)c1)c1ccccc1. The summed E-state index contributed by atoms with van der Waals surface area (Å²) in [5, 5.41) is 3.38. The zero-order chi connectivity index (χ0) is 15.1. The molecule has 4 nitrogen and oxygen atoms in total. The third-order valence-corrected chi connectivity index (χ3v) is 3.16. The quantitative estimate of drug-likeness (QED) is 0.827. The topological polar surface area (TPSA) is 47.6 Å². The predicted octanol–water partition coefficient (Wildman–Crippen LogP) is 3.27. The van der Waals surface area contributed by atoms with Crippen molar-refractivity contribution in [1.82, 2.24) is 0 Å². The Morgan fingerprint density at radius 3 is 2.52 bits per heavy atom. The highest BCUT2D eigenvalue weighted by atomic mass is 16.5. The van der Waals surface area contributed by atoms with E-state index in [1.54, 1.807) is 19.2 Å². The van der Waals surface area contributed by atoms with Crippen molar-refractivity contribution in [3.8, 4) is 0 Å². The van der Waals surface area contributed by atoms with Gasteiger partial charge in [-0.1, -0.05) is 36.4 Å². The first-order valence-corrected chi connectivity index (χ1v) is 6.73. The minimum absolute atomic E-state index is 0.0177. The molecule has 0 radical (unpaired) electrons. The largest absolute Gasteiger partial charge is 0.465 e. The van der Waals surface area contributed by atoms with E-state index in [-0.39, 0.29) is 12.0 Å². The average Bonchev–Trinajstić information content (AvgIpc) is 2.55. The Bertz CT molecular complexity index is 584. The number of hydrogen-bond donors (Lipinski definition) is 1. The fourth-order valence-electron chi connectivity index (χ4n) is 2.13. The fourth-order valence-corrected chi connectivity index (χ4v) is 2.13. The van der Waals surface area contributed by atoms with Gasteiger partial charge in [0.05, 0.1) is 25.3 Å². The minimum atomic E-state index is -0.346. The second-order valence-electron chi connectivity index (χ2n) is 4.64. The van der Waals surface area contributed by atoms with E-state index in [1.807, 2.05) is 42.5 Å². The Balaban J connectivity index is 2.19. The van der Waals surface area contributed by atoms with Crippen LogP contribution in [0.25, 0.3) is 0 Å². The molecule has 4 heteroatoms. The summed E-state index contributed by atoms with van der Waals surface area (Å²) in [6.07, 6.45) is 0. The molecule has 0 amide bonds. The van der Waals surface area contributed by atoms with Gasteiger partial charge in [-0.15, -0.1) is 0 Å². The number of hydrogen-bond acceptors (Lipinski definition) is 4. The first kappa shape index (κ1) is 15.1. The number of ether oxygens (including phenoxy) is 2. The molecule has 110 valence electrons. The van der Waals surface area contributed by atoms with Crippen LogP contribution < -0.4 is 5.32 Å². The minimum Gasteiger partial charge on any atom is -0.465 e. The molecular formula is C17H19NO3. The molecule has 21 heavy (non-hydrogen) atoms. The summed E-state index contributed by atoms with van der Waals surface area (Å²) < 4.78 is 10.0. The third kappa shape index (κ3) is 4.07. The van der Waals surface area contributed by atoms with Gasteiger partial charge < -0.3 is 14.8 Å². The monoisotopic (exact) mass is 285 g/mol. The van der Waals surface area contributed by atoms with E-state index in [2.05, 4.69) is 5.32 Å². The van der Waals surface area contributed by atoms with Gasteiger partial charge in [-0.05, 0) is 23.8 Å². The summed E-state index contributed by atoms with van der Waals surface area (Å²) in [5.74, 6) is -0.346. The third-order valence-electron chi connectivity index (χ3n) is 3.16. The van der Waals surface area contributed by atoms with Crippen molar-refractivity contribution in [1.29, 1.82) is 0 Å². The zero-order valence-electron chi connectivity index (χ0n) is 12.2. The Hall–Kier alpha value is -2.33. The van der Waals surface area contributed by atoms with Crippen LogP contribution in [0.1, 0.15) is 22.0 Å². The molecule has 1 atom stereocenters. The molecule has 0 spiro atoms. The average molecular weight is 285 g/mol. The van der Waals surface area contributed by atoms with Crippen molar-refractivity contribution < 1.29 is 14.3 Å². The van der Waals surface area contributed by atoms with Gasteiger partial charge in [0.2, 0.25) is 0 Å². The highest BCUT2D eigenvalue weighted by Crippen LogP contribution is 2.21. The molecule has 2 aromatic rings. The lowest BCUT2D eigenvalue weighted by Crippen LogP contribution is -2.16. The standard InChI is InChI=1S/C17H19NO3/c1-20-12-16(13-7-4-3-5-8-13)18-15-10-6-9-14(11-15)17(19)21-2/h3-11,16,18H,12H2,1-2H3. The number of methoxy groups -OCH3 is 2. The first-order valence-electron chi connectivity index (χ1n) is 6.73. The molecule has 1 unspecified atom stereocenters. The van der Waals surface area contributed by atoms with E-state index in [1.165, 1.54) is 7.11 Å². The van der Waals surface area contributed by atoms with Crippen molar-refractivity contribution in [2.75, 3.05) is 26.1 Å². The number of benzene rings is 2. The van der Waals surface area contributed by atoms with Gasteiger partial charge in [-0.2, -0.15) is 0 Å². The van der Waals surface area contributed by atoms with Crippen molar-refractivity contribution in [2.24, 2.45) is 0 Å². The maximum atomic E-state index is 11.6. The summed E-state index contributed by atoms with van der Waals surface area (Å²) in [6, 6.07) is 17.3. The second-order valence-corrected chi connectivity index (χ2v) is 4.64. The number of rotatable bonds is 6. The summed E-state index contributed by atoms with van der Waals surface area (Å²) in [4.78, 5) is 11.6. The normalized spacial score (nSPS) is 11.7. The fraction of sp³-hybridized carbons (Fsp3) is 0.235. The molecule has 0 fully saturated rings. The Morgan fingerprint density at radius 1 is 1.10 bits per heavy atom. The maximum absolute atomic E-state index is 11.6. The van der Waals surface area contributed by atoms with Crippen LogP contribution in [0.15, 0.2) is 54.6 Å². The van der Waals surface area contributed by atoms with Crippen LogP contribution in [0, 0.1) is 0 Å². The maximum Gasteiger partial charge on any atom is 0.337 e. The summed E-state index contributed by atoms with van der Waals surface area (Å²) in [6.45, 7) is 0.534. The summed E-state index contributed by atoms with van der Waals surface area (Å²) in [5.41, 5.74) is 2.50. The number of nitrogens with one attached hydrogen (secondary N) is 1. The molecule has 0 saturated heterocycles. The van der Waals surface area contributed by atoms with Gasteiger partial charge in [0.15, 0.2) is 0 Å². The highest BCUT2D eigenvalue weighted by molar-refractivity contribution is 5.90. The Morgan fingerprint density at radius 2 is 1.86 bits per heavy atom. The van der Waals surface area contributed by atoms with Crippen molar-refractivity contribution in [3.05, 3.63) is 65.7 Å². The van der Waals surface area contributed by atoms with E-state index < -0.39 is 0 Å². The van der Waals surface area contributed by atoms with E-state index in [0.717, 1.165) is 11.3 Å². The summed E-state index contributed by atoms with van der Waals surface area (Å²) in [7, 11) is 3.04. The van der Waals surface area contributed by atoms with Gasteiger partial charge in [-0.25, -0.2) is 4.79 Å². The predicted molar refractivity (Wildman–Crippen MR) is 82.5 cm³/mol. The van der Waals surface area contributed by atoms with Crippen LogP contribution >= 0.6 is 0 Å². The number of carbonyl (C=O) groups excluding carboxylic acids is 1. The van der Waals surface area contributed by atoms with Crippen LogP contribution in [0.5, 0.6) is 0 Å². The summed E-state index contributed by atoms with van der Waals surface area (Å²) >= 11 is 0. The highest BCUT2D eigenvalue weighted by Gasteiger charge is 2.12. The molecule has 0 heterocycles. The Kier molecular flexibility index (Phi) is 5.35. The van der Waals surface area contributed by atoms with Gasteiger partial charge in [0, 0.05) is 12.8 Å². The first-order chi connectivity index (χ1) is 10.2. The van der Waals surface area contributed by atoms with Crippen molar-refractivity contribution >= 4 is 11.7 Å². The van der Waals surface area contributed by atoms with Crippen LogP contribution in [-0.2, 0) is 9.47 Å². The molecule has 0 saturated carbocycles. The van der Waals surface area contributed by atoms with Gasteiger partial charge in [0.1, 0.15) is 0 Å². The van der Waals surface area contributed by atoms with Gasteiger partial charge in [0.25, 0.3) is 0 Å². The second kappa shape index (κ2) is 7.45. The van der Waals surface area contributed by atoms with Crippen molar-refractivity contribution in [2.45, 2.75) is 6.04 Å². The van der Waals surface area contributed by atoms with E-state index in [9.17, 15) is 4.79 Å². The van der Waals surface area contributed by atoms with Crippen molar-refractivity contribution in [3.63, 3.8) is 0 Å². The smallest absolute Gasteiger partial charge is 0.337 e. The van der Waals surface area contributed by atoms with Gasteiger partial charge in [-0.3, -0.25) is 0 Å². The molecular weight excluding hydrogens is 266 g/mol. The molecule has 2 aromatic carbocycles. The number of carbonyl (C=O) groups is 1. The lowest BCUT2D eigenvalue weighted by Gasteiger charge is -2.20. The Labute approximate surface area is 124 Å². The van der Waals surface area contributed by atoms with Crippen LogP contribution in [0.3, 0.4) is 0 Å². The van der Waals surface area contributed by atoms with E-state index >= 15 is 0 Å². The molecule has 2 rings (SSSR count). The molecule has 1 N–H and O–H groups in total. The number of esters is 1. The van der Waals surface area contributed by atoms with Gasteiger partial charge >= 0.3 is 5.97 Å². The molecule has 0 aliphatic carbocycles. The molecule has 0 aliphatic heterocycles. The van der Waals surface area contributed by atoms with Crippen LogP contribution in [-0.4, -0.2) is 26.8 Å². The van der Waals surface area contributed by atoms with Crippen LogP contribution in [0.2, 0.25) is 0 Å². The zero-order valence-corrected chi connectivity index (χ0v) is 12.2. The van der Waals surface area contributed by atoms with E-state index in [0.29, 0.717) is 12.2 Å². The lowest BCUT2D eigenvalue weighted by molar-refractivity contribution is 0.0601.